The molecular formula is C21H16OS. The van der Waals surface area contributed by atoms with E-state index in [0.29, 0.717) is 0 Å². The van der Waals surface area contributed by atoms with Crippen LogP contribution in [0.1, 0.15) is 0 Å². The van der Waals surface area contributed by atoms with Crippen LogP contribution in [0.25, 0.3) is 32.7 Å². The van der Waals surface area contributed by atoms with Gasteiger partial charge in [-0.25, -0.2) is 0 Å². The lowest BCUT2D eigenvalue weighted by molar-refractivity contribution is 0.687. The monoisotopic (exact) mass is 316 g/mol. The summed E-state index contributed by atoms with van der Waals surface area (Å²) in [6.07, 6.45) is 1.76. The second-order valence-corrected chi connectivity index (χ2v) is 7.00. The summed E-state index contributed by atoms with van der Waals surface area (Å²) >= 11 is 0. The second kappa shape index (κ2) is 5.64. The average molecular weight is 316 g/mol. The zero-order valence-corrected chi connectivity index (χ0v) is 13.6. The molecule has 0 fully saturated rings. The molecule has 4 aromatic carbocycles. The molecule has 0 aliphatic heterocycles. The summed E-state index contributed by atoms with van der Waals surface area (Å²) in [4.78, 5) is 0.915. The number of hydrogen-bond acceptors (Lipinski definition) is 1. The predicted molar refractivity (Wildman–Crippen MR) is 99.2 cm³/mol. The van der Waals surface area contributed by atoms with Crippen molar-refractivity contribution in [2.45, 2.75) is 4.90 Å². The molecule has 4 rings (SSSR count). The zero-order valence-electron chi connectivity index (χ0n) is 12.8. The molecular weight excluding hydrogens is 300 g/mol. The molecule has 2 heteroatoms. The van der Waals surface area contributed by atoms with E-state index in [0.717, 1.165) is 26.8 Å². The van der Waals surface area contributed by atoms with E-state index in [-0.39, 0.29) is 0 Å². The van der Waals surface area contributed by atoms with Crippen molar-refractivity contribution in [2.24, 2.45) is 0 Å². The van der Waals surface area contributed by atoms with Crippen molar-refractivity contribution in [1.29, 1.82) is 0 Å². The Hall–Kier alpha value is -2.45. The maximum Gasteiger partial charge on any atom is 0.0541 e. The van der Waals surface area contributed by atoms with Crippen LogP contribution in [0.4, 0.5) is 0 Å². The van der Waals surface area contributed by atoms with Crippen molar-refractivity contribution >= 4 is 32.3 Å². The van der Waals surface area contributed by atoms with Crippen LogP contribution in [-0.2, 0) is 10.8 Å². The van der Waals surface area contributed by atoms with E-state index in [9.17, 15) is 4.21 Å². The van der Waals surface area contributed by atoms with Crippen molar-refractivity contribution in [3.05, 3.63) is 78.9 Å². The maximum absolute atomic E-state index is 12.4. The number of benzene rings is 4. The lowest BCUT2D eigenvalue weighted by Crippen LogP contribution is -1.94. The number of hydrogen-bond donors (Lipinski definition) is 0. The molecule has 0 saturated heterocycles. The molecule has 0 spiro atoms. The Bertz CT molecular complexity index is 1050. The molecule has 1 nitrogen and oxygen atoms in total. The second-order valence-electron chi connectivity index (χ2n) is 5.68. The van der Waals surface area contributed by atoms with Crippen LogP contribution in [-0.4, -0.2) is 10.5 Å². The molecule has 0 saturated carbocycles. The molecule has 0 heterocycles. The zero-order chi connectivity index (χ0) is 15.8. The van der Waals surface area contributed by atoms with Crippen LogP contribution < -0.4 is 0 Å². The normalized spacial score (nSPS) is 12.6. The smallest absolute Gasteiger partial charge is 0.0541 e. The Morgan fingerprint density at radius 1 is 0.696 bits per heavy atom. The van der Waals surface area contributed by atoms with E-state index >= 15 is 0 Å². The first kappa shape index (κ1) is 14.2. The van der Waals surface area contributed by atoms with Crippen LogP contribution >= 0.6 is 0 Å². The summed E-state index contributed by atoms with van der Waals surface area (Å²) in [6, 6.07) is 27.1. The van der Waals surface area contributed by atoms with Crippen LogP contribution in [0.2, 0.25) is 0 Å². The Morgan fingerprint density at radius 2 is 1.35 bits per heavy atom. The topological polar surface area (TPSA) is 17.1 Å². The summed E-state index contributed by atoms with van der Waals surface area (Å²) in [5, 5.41) is 4.61. The van der Waals surface area contributed by atoms with Crippen LogP contribution in [0.5, 0.6) is 0 Å². The minimum absolute atomic E-state index is 0.915. The quantitative estimate of drug-likeness (QED) is 0.484. The summed E-state index contributed by atoms with van der Waals surface area (Å²) < 4.78 is 12.4. The Morgan fingerprint density at radius 3 is 2.13 bits per heavy atom. The first-order valence-corrected chi connectivity index (χ1v) is 9.14. The highest BCUT2D eigenvalue weighted by molar-refractivity contribution is 7.84. The fourth-order valence-electron chi connectivity index (χ4n) is 3.14. The third-order valence-electron chi connectivity index (χ3n) is 4.23. The van der Waals surface area contributed by atoms with Crippen molar-refractivity contribution < 1.29 is 4.21 Å². The van der Waals surface area contributed by atoms with E-state index in [1.807, 2.05) is 24.3 Å². The third-order valence-corrected chi connectivity index (χ3v) is 5.24. The maximum atomic E-state index is 12.4. The van der Waals surface area contributed by atoms with Gasteiger partial charge in [0.25, 0.3) is 0 Å². The van der Waals surface area contributed by atoms with Crippen LogP contribution in [0.3, 0.4) is 0 Å². The molecule has 112 valence electrons. The molecule has 1 unspecified atom stereocenters. The largest absolute Gasteiger partial charge is 0.255 e. The lowest BCUT2D eigenvalue weighted by atomic mass is 9.98. The van der Waals surface area contributed by atoms with Gasteiger partial charge in [-0.2, -0.15) is 0 Å². The van der Waals surface area contributed by atoms with Gasteiger partial charge in [0.15, 0.2) is 0 Å². The van der Waals surface area contributed by atoms with Crippen LogP contribution in [0, 0.1) is 0 Å². The third kappa shape index (κ3) is 2.45. The highest BCUT2D eigenvalue weighted by Gasteiger charge is 2.13. The SMILES string of the molecule is CS(=O)c1c(-c2ccc3ccccc3c2)ccc2ccccc12. The highest BCUT2D eigenvalue weighted by Crippen LogP contribution is 2.34. The number of fused-ring (bicyclic) bond motifs is 2. The van der Waals surface area contributed by atoms with E-state index in [2.05, 4.69) is 54.6 Å². The van der Waals surface area contributed by atoms with Crippen molar-refractivity contribution in [1.82, 2.24) is 0 Å². The molecule has 4 aromatic rings. The fourth-order valence-corrected chi connectivity index (χ4v) is 4.13. The van der Waals surface area contributed by atoms with E-state index < -0.39 is 10.8 Å². The number of rotatable bonds is 2. The van der Waals surface area contributed by atoms with Gasteiger partial charge in [0, 0.05) is 6.26 Å². The lowest BCUT2D eigenvalue weighted by Gasteiger charge is -2.12. The average Bonchev–Trinajstić information content (AvgIpc) is 2.60. The van der Waals surface area contributed by atoms with Crippen LogP contribution in [0.15, 0.2) is 83.8 Å². The summed E-state index contributed by atoms with van der Waals surface area (Å²) in [6.45, 7) is 0. The molecule has 0 N–H and O–H groups in total. The molecule has 0 aromatic heterocycles. The van der Waals surface area contributed by atoms with E-state index in [1.54, 1.807) is 6.26 Å². The minimum atomic E-state index is -1.05. The fraction of sp³-hybridized carbons (Fsp3) is 0.0476. The summed E-state index contributed by atoms with van der Waals surface area (Å²) in [5.74, 6) is 0. The molecule has 23 heavy (non-hydrogen) atoms. The Labute approximate surface area is 138 Å². The molecule has 1 atom stereocenters. The van der Waals surface area contributed by atoms with Gasteiger partial charge in [-0.05, 0) is 38.7 Å². The Balaban J connectivity index is 2.03. The molecule has 0 radical (unpaired) electrons. The van der Waals surface area contributed by atoms with Gasteiger partial charge in [-0.15, -0.1) is 0 Å². The summed E-state index contributed by atoms with van der Waals surface area (Å²) in [5.41, 5.74) is 2.16. The standard InChI is InChI=1S/C21H16OS/c1-23(22)21-19-9-5-4-7-16(19)12-13-20(21)18-11-10-15-6-2-3-8-17(15)14-18/h2-14H,1H3. The minimum Gasteiger partial charge on any atom is -0.255 e. The first-order chi connectivity index (χ1) is 11.2. The predicted octanol–water partition coefficient (Wildman–Crippen LogP) is 5.40. The van der Waals surface area contributed by atoms with Crippen molar-refractivity contribution in [2.75, 3.05) is 6.26 Å². The van der Waals surface area contributed by atoms with E-state index in [1.165, 1.54) is 10.8 Å². The Kier molecular flexibility index (Phi) is 3.47. The van der Waals surface area contributed by atoms with Gasteiger partial charge in [0.05, 0.1) is 15.7 Å². The van der Waals surface area contributed by atoms with Gasteiger partial charge < -0.3 is 0 Å². The van der Waals surface area contributed by atoms with Gasteiger partial charge in [-0.1, -0.05) is 72.8 Å². The molecule has 0 aliphatic carbocycles. The van der Waals surface area contributed by atoms with Gasteiger partial charge in [-0.3, -0.25) is 4.21 Å². The summed E-state index contributed by atoms with van der Waals surface area (Å²) in [7, 11) is -1.05. The van der Waals surface area contributed by atoms with Gasteiger partial charge >= 0.3 is 0 Å². The van der Waals surface area contributed by atoms with Gasteiger partial charge in [0.2, 0.25) is 0 Å². The molecule has 0 aliphatic rings. The van der Waals surface area contributed by atoms with E-state index in [4.69, 9.17) is 0 Å². The molecule has 0 bridgehead atoms. The molecule has 0 amide bonds. The van der Waals surface area contributed by atoms with Crippen molar-refractivity contribution in [3.63, 3.8) is 0 Å². The highest BCUT2D eigenvalue weighted by atomic mass is 32.2. The van der Waals surface area contributed by atoms with Crippen molar-refractivity contribution in [3.8, 4) is 11.1 Å². The van der Waals surface area contributed by atoms with Gasteiger partial charge in [0.1, 0.15) is 0 Å². The first-order valence-electron chi connectivity index (χ1n) is 7.58.